The van der Waals surface area contributed by atoms with Crippen LogP contribution < -0.4 is 0 Å². The van der Waals surface area contributed by atoms with Gasteiger partial charge in [0.1, 0.15) is 0 Å². The molecule has 0 amide bonds. The molecule has 1 heteroatoms. The van der Waals surface area contributed by atoms with Crippen molar-refractivity contribution in [2.75, 3.05) is 13.1 Å². The highest BCUT2D eigenvalue weighted by atomic mass is 15.2. The summed E-state index contributed by atoms with van der Waals surface area (Å²) in [5.41, 5.74) is 2.83. The van der Waals surface area contributed by atoms with Crippen LogP contribution in [0.2, 0.25) is 0 Å². The Morgan fingerprint density at radius 3 is 2.33 bits per heavy atom. The molecule has 1 aromatic rings. The zero-order valence-electron chi connectivity index (χ0n) is 9.87. The third-order valence-electron chi connectivity index (χ3n) is 3.42. The number of likely N-dealkylation sites (tertiary alicyclic amines) is 1. The lowest BCUT2D eigenvalue weighted by Crippen LogP contribution is -2.31. The fourth-order valence-electron chi connectivity index (χ4n) is 2.38. The molecule has 0 saturated carbocycles. The standard InChI is InChI=1S/C14H21N/c1-12-5-7-14(8-6-12)11-13(2)15-9-3-4-10-15/h5-8,13H,3-4,9-11H2,1-2H3. The highest BCUT2D eigenvalue weighted by molar-refractivity contribution is 5.22. The van der Waals surface area contributed by atoms with Crippen LogP contribution in [0.3, 0.4) is 0 Å². The molecule has 1 aliphatic rings. The van der Waals surface area contributed by atoms with Gasteiger partial charge in [-0.3, -0.25) is 0 Å². The van der Waals surface area contributed by atoms with Crippen molar-refractivity contribution >= 4 is 0 Å². The van der Waals surface area contributed by atoms with E-state index in [1.807, 2.05) is 0 Å². The monoisotopic (exact) mass is 203 g/mol. The van der Waals surface area contributed by atoms with E-state index in [0.717, 1.165) is 0 Å². The van der Waals surface area contributed by atoms with Gasteiger partial charge in [-0.05, 0) is 51.8 Å². The van der Waals surface area contributed by atoms with Crippen LogP contribution in [-0.2, 0) is 6.42 Å². The van der Waals surface area contributed by atoms with Crippen LogP contribution in [0.4, 0.5) is 0 Å². The topological polar surface area (TPSA) is 3.24 Å². The van der Waals surface area contributed by atoms with Crippen molar-refractivity contribution in [3.8, 4) is 0 Å². The van der Waals surface area contributed by atoms with E-state index >= 15 is 0 Å². The van der Waals surface area contributed by atoms with Crippen LogP contribution >= 0.6 is 0 Å². The van der Waals surface area contributed by atoms with Gasteiger partial charge in [-0.15, -0.1) is 0 Å². The molecule has 1 nitrogen and oxygen atoms in total. The molecule has 1 unspecified atom stereocenters. The molecule has 1 fully saturated rings. The molecule has 1 aromatic carbocycles. The normalized spacial score (nSPS) is 19.3. The van der Waals surface area contributed by atoms with Crippen molar-refractivity contribution in [2.24, 2.45) is 0 Å². The number of nitrogens with zero attached hydrogens (tertiary/aromatic N) is 1. The maximum Gasteiger partial charge on any atom is 0.0107 e. The van der Waals surface area contributed by atoms with Crippen molar-refractivity contribution in [3.05, 3.63) is 35.4 Å². The Labute approximate surface area is 93.1 Å². The molecule has 1 aliphatic heterocycles. The molecule has 2 rings (SSSR count). The van der Waals surface area contributed by atoms with E-state index in [2.05, 4.69) is 43.0 Å². The minimum Gasteiger partial charge on any atom is -0.300 e. The summed E-state index contributed by atoms with van der Waals surface area (Å²) in [6.07, 6.45) is 3.97. The van der Waals surface area contributed by atoms with Crippen molar-refractivity contribution in [1.29, 1.82) is 0 Å². The van der Waals surface area contributed by atoms with Gasteiger partial charge in [0.05, 0.1) is 0 Å². The maximum atomic E-state index is 2.61. The van der Waals surface area contributed by atoms with E-state index in [-0.39, 0.29) is 0 Å². The van der Waals surface area contributed by atoms with E-state index in [1.54, 1.807) is 0 Å². The molecule has 0 bridgehead atoms. The first kappa shape index (κ1) is 10.7. The molecule has 0 aliphatic carbocycles. The van der Waals surface area contributed by atoms with E-state index in [9.17, 15) is 0 Å². The average Bonchev–Trinajstić information content (AvgIpc) is 2.74. The van der Waals surface area contributed by atoms with Crippen LogP contribution in [0.15, 0.2) is 24.3 Å². The molecular weight excluding hydrogens is 182 g/mol. The summed E-state index contributed by atoms with van der Waals surface area (Å²) >= 11 is 0. The highest BCUT2D eigenvalue weighted by Gasteiger charge is 2.17. The fourth-order valence-corrected chi connectivity index (χ4v) is 2.38. The van der Waals surface area contributed by atoms with Gasteiger partial charge in [0.15, 0.2) is 0 Å². The Bertz CT molecular complexity index is 296. The molecule has 0 N–H and O–H groups in total. The molecule has 0 radical (unpaired) electrons. The molecule has 1 heterocycles. The number of hydrogen-bond acceptors (Lipinski definition) is 1. The first-order valence-corrected chi connectivity index (χ1v) is 6.05. The number of rotatable bonds is 3. The third kappa shape index (κ3) is 2.82. The predicted molar refractivity (Wildman–Crippen MR) is 65.2 cm³/mol. The van der Waals surface area contributed by atoms with E-state index in [0.29, 0.717) is 6.04 Å². The van der Waals surface area contributed by atoms with Gasteiger partial charge in [0.2, 0.25) is 0 Å². The van der Waals surface area contributed by atoms with Gasteiger partial charge in [-0.25, -0.2) is 0 Å². The molecule has 82 valence electrons. The van der Waals surface area contributed by atoms with E-state index in [4.69, 9.17) is 0 Å². The quantitative estimate of drug-likeness (QED) is 0.730. The van der Waals surface area contributed by atoms with Crippen LogP contribution in [0, 0.1) is 6.92 Å². The summed E-state index contributed by atoms with van der Waals surface area (Å²) in [6, 6.07) is 9.66. The zero-order chi connectivity index (χ0) is 10.7. The van der Waals surface area contributed by atoms with Crippen LogP contribution in [0.5, 0.6) is 0 Å². The second kappa shape index (κ2) is 4.80. The molecule has 0 aromatic heterocycles. The second-order valence-corrected chi connectivity index (χ2v) is 4.78. The lowest BCUT2D eigenvalue weighted by atomic mass is 10.0. The Balaban J connectivity index is 1.92. The van der Waals surface area contributed by atoms with E-state index in [1.165, 1.54) is 43.5 Å². The zero-order valence-corrected chi connectivity index (χ0v) is 9.87. The number of hydrogen-bond donors (Lipinski definition) is 0. The Kier molecular flexibility index (Phi) is 3.42. The van der Waals surface area contributed by atoms with Crippen molar-refractivity contribution < 1.29 is 0 Å². The molecule has 1 saturated heterocycles. The minimum atomic E-state index is 0.704. The largest absolute Gasteiger partial charge is 0.300 e. The summed E-state index contributed by atoms with van der Waals surface area (Å²) < 4.78 is 0. The Morgan fingerprint density at radius 2 is 1.73 bits per heavy atom. The van der Waals surface area contributed by atoms with Crippen molar-refractivity contribution in [2.45, 2.75) is 39.2 Å². The lowest BCUT2D eigenvalue weighted by molar-refractivity contribution is 0.257. The van der Waals surface area contributed by atoms with Crippen molar-refractivity contribution in [1.82, 2.24) is 4.90 Å². The number of aryl methyl sites for hydroxylation is 1. The third-order valence-corrected chi connectivity index (χ3v) is 3.42. The molecular formula is C14H21N. The summed E-state index contributed by atoms with van der Waals surface area (Å²) in [5.74, 6) is 0. The predicted octanol–water partition coefficient (Wildman–Crippen LogP) is 3.02. The highest BCUT2D eigenvalue weighted by Crippen LogP contribution is 2.15. The smallest absolute Gasteiger partial charge is 0.0107 e. The fraction of sp³-hybridized carbons (Fsp3) is 0.571. The maximum absolute atomic E-state index is 2.61. The van der Waals surface area contributed by atoms with Gasteiger partial charge >= 0.3 is 0 Å². The first-order chi connectivity index (χ1) is 7.25. The average molecular weight is 203 g/mol. The summed E-state index contributed by atoms with van der Waals surface area (Å²) in [4.78, 5) is 2.61. The number of benzene rings is 1. The lowest BCUT2D eigenvalue weighted by Gasteiger charge is -2.23. The summed E-state index contributed by atoms with van der Waals surface area (Å²) in [7, 11) is 0. The van der Waals surface area contributed by atoms with Crippen LogP contribution in [0.1, 0.15) is 30.9 Å². The van der Waals surface area contributed by atoms with Gasteiger partial charge in [0.25, 0.3) is 0 Å². The van der Waals surface area contributed by atoms with Gasteiger partial charge in [-0.1, -0.05) is 29.8 Å². The summed E-state index contributed by atoms with van der Waals surface area (Å²) in [5, 5.41) is 0. The molecule has 1 atom stereocenters. The van der Waals surface area contributed by atoms with Crippen LogP contribution in [0.25, 0.3) is 0 Å². The molecule has 15 heavy (non-hydrogen) atoms. The van der Waals surface area contributed by atoms with Gasteiger partial charge in [-0.2, -0.15) is 0 Å². The van der Waals surface area contributed by atoms with Gasteiger partial charge < -0.3 is 4.90 Å². The SMILES string of the molecule is Cc1ccc(CC(C)N2CCCC2)cc1. The second-order valence-electron chi connectivity index (χ2n) is 4.78. The Morgan fingerprint density at radius 1 is 1.13 bits per heavy atom. The minimum absolute atomic E-state index is 0.704. The van der Waals surface area contributed by atoms with Crippen molar-refractivity contribution in [3.63, 3.8) is 0 Å². The summed E-state index contributed by atoms with van der Waals surface area (Å²) in [6.45, 7) is 7.10. The molecule has 0 spiro atoms. The Hall–Kier alpha value is -0.820. The van der Waals surface area contributed by atoms with Gasteiger partial charge in [0, 0.05) is 6.04 Å². The van der Waals surface area contributed by atoms with E-state index < -0.39 is 0 Å². The first-order valence-electron chi connectivity index (χ1n) is 6.05. The van der Waals surface area contributed by atoms with Crippen LogP contribution in [-0.4, -0.2) is 24.0 Å².